The highest BCUT2D eigenvalue weighted by molar-refractivity contribution is 6.31. The first-order valence-electron chi connectivity index (χ1n) is 9.92. The SMILES string of the molecule is C[NH+](Cc1c(F)cccc1Cl)CN1C(=O)NC2(CCC(C(C)(C)C)CC2)C1=O. The van der Waals surface area contributed by atoms with Gasteiger partial charge in [-0.1, -0.05) is 38.4 Å². The zero-order valence-corrected chi connectivity index (χ0v) is 17.8. The molecule has 2 N–H and O–H groups in total. The zero-order chi connectivity index (χ0) is 20.7. The van der Waals surface area contributed by atoms with Crippen molar-refractivity contribution in [1.82, 2.24) is 10.2 Å². The van der Waals surface area contributed by atoms with E-state index in [1.54, 1.807) is 12.1 Å². The van der Waals surface area contributed by atoms with Gasteiger partial charge < -0.3 is 10.2 Å². The number of nitrogens with zero attached hydrogens (tertiary/aromatic N) is 1. The predicted molar refractivity (Wildman–Crippen MR) is 106 cm³/mol. The van der Waals surface area contributed by atoms with Gasteiger partial charge in [-0.25, -0.2) is 14.1 Å². The predicted octanol–water partition coefficient (Wildman–Crippen LogP) is 2.98. The van der Waals surface area contributed by atoms with Crippen LogP contribution in [0.3, 0.4) is 0 Å². The zero-order valence-electron chi connectivity index (χ0n) is 17.1. The molecule has 0 radical (unpaired) electrons. The summed E-state index contributed by atoms with van der Waals surface area (Å²) in [5.74, 6) is 0.0261. The summed E-state index contributed by atoms with van der Waals surface area (Å²) in [4.78, 5) is 27.7. The molecule has 1 unspecified atom stereocenters. The van der Waals surface area contributed by atoms with E-state index in [1.807, 2.05) is 7.05 Å². The molecule has 1 heterocycles. The van der Waals surface area contributed by atoms with E-state index < -0.39 is 5.54 Å². The van der Waals surface area contributed by atoms with Gasteiger partial charge in [0.25, 0.3) is 5.91 Å². The fourth-order valence-corrected chi connectivity index (χ4v) is 4.69. The van der Waals surface area contributed by atoms with E-state index in [0.717, 1.165) is 17.7 Å². The molecular formula is C21H30ClFN3O2+. The van der Waals surface area contributed by atoms with Crippen LogP contribution in [0.1, 0.15) is 52.0 Å². The Morgan fingerprint density at radius 1 is 1.29 bits per heavy atom. The standard InChI is InChI=1S/C21H29ClFN3O2/c1-20(2,3)14-8-10-21(11-9-14)18(27)26(19(28)24-21)13-25(4)12-15-16(22)6-5-7-17(15)23/h5-7,14H,8-13H2,1-4H3,(H,24,28)/p+1. The van der Waals surface area contributed by atoms with Crippen LogP contribution in [-0.2, 0) is 11.3 Å². The number of quaternary nitrogens is 1. The normalized spacial score (nSPS) is 26.6. The van der Waals surface area contributed by atoms with Gasteiger partial charge in [-0.3, -0.25) is 4.79 Å². The average Bonchev–Trinajstić information content (AvgIpc) is 2.82. The summed E-state index contributed by atoms with van der Waals surface area (Å²) in [6.45, 7) is 7.15. The van der Waals surface area contributed by atoms with Crippen LogP contribution in [0.4, 0.5) is 9.18 Å². The van der Waals surface area contributed by atoms with Crippen LogP contribution in [0.5, 0.6) is 0 Å². The minimum absolute atomic E-state index is 0.149. The van der Waals surface area contributed by atoms with E-state index in [9.17, 15) is 14.0 Å². The lowest BCUT2D eigenvalue weighted by molar-refractivity contribution is -0.901. The van der Waals surface area contributed by atoms with Gasteiger partial charge in [-0.05, 0) is 49.1 Å². The number of benzene rings is 1. The van der Waals surface area contributed by atoms with Crippen molar-refractivity contribution in [1.29, 1.82) is 0 Å². The van der Waals surface area contributed by atoms with E-state index in [4.69, 9.17) is 11.6 Å². The number of hydrogen-bond donors (Lipinski definition) is 2. The Morgan fingerprint density at radius 3 is 2.50 bits per heavy atom. The maximum Gasteiger partial charge on any atom is 0.329 e. The molecule has 1 spiro atoms. The van der Waals surface area contributed by atoms with Gasteiger partial charge in [-0.2, -0.15) is 0 Å². The molecule has 0 bridgehead atoms. The summed E-state index contributed by atoms with van der Waals surface area (Å²) >= 11 is 6.10. The van der Waals surface area contributed by atoms with Crippen LogP contribution in [0.25, 0.3) is 0 Å². The number of halogens is 2. The minimum Gasteiger partial charge on any atom is -0.323 e. The molecule has 1 saturated carbocycles. The molecule has 1 atom stereocenters. The van der Waals surface area contributed by atoms with E-state index in [-0.39, 0.29) is 29.8 Å². The van der Waals surface area contributed by atoms with Gasteiger partial charge in [0.05, 0.1) is 17.6 Å². The van der Waals surface area contributed by atoms with Crippen molar-refractivity contribution in [2.45, 2.75) is 58.5 Å². The number of carbonyl (C=O) groups excluding carboxylic acids is 2. The highest BCUT2D eigenvalue weighted by Gasteiger charge is 2.54. The second-order valence-electron chi connectivity index (χ2n) is 9.38. The number of hydrogen-bond acceptors (Lipinski definition) is 2. The summed E-state index contributed by atoms with van der Waals surface area (Å²) in [5, 5.41) is 3.31. The van der Waals surface area contributed by atoms with Gasteiger partial charge in [0.2, 0.25) is 0 Å². The maximum absolute atomic E-state index is 14.0. The lowest BCUT2D eigenvalue weighted by Crippen LogP contribution is -3.09. The molecule has 1 aromatic carbocycles. The van der Waals surface area contributed by atoms with Crippen molar-refractivity contribution in [3.63, 3.8) is 0 Å². The lowest BCUT2D eigenvalue weighted by atomic mass is 9.67. The number of urea groups is 1. The quantitative estimate of drug-likeness (QED) is 0.750. The first-order chi connectivity index (χ1) is 13.0. The van der Waals surface area contributed by atoms with Crippen LogP contribution < -0.4 is 10.2 Å². The Morgan fingerprint density at radius 2 is 1.93 bits per heavy atom. The van der Waals surface area contributed by atoms with Crippen LogP contribution in [0.2, 0.25) is 5.02 Å². The molecule has 1 aliphatic heterocycles. The van der Waals surface area contributed by atoms with Crippen molar-refractivity contribution in [3.05, 3.63) is 34.6 Å². The molecule has 154 valence electrons. The van der Waals surface area contributed by atoms with E-state index in [2.05, 4.69) is 26.1 Å². The number of rotatable bonds is 4. The molecule has 2 fully saturated rings. The number of nitrogens with one attached hydrogen (secondary N) is 2. The van der Waals surface area contributed by atoms with Crippen molar-refractivity contribution < 1.29 is 18.9 Å². The third-order valence-electron chi connectivity index (χ3n) is 6.28. The Balaban J connectivity index is 1.66. The van der Waals surface area contributed by atoms with Crippen LogP contribution >= 0.6 is 11.6 Å². The molecule has 3 amide bonds. The smallest absolute Gasteiger partial charge is 0.323 e. The Labute approximate surface area is 171 Å². The van der Waals surface area contributed by atoms with Crippen LogP contribution in [-0.4, -0.2) is 36.1 Å². The van der Waals surface area contributed by atoms with E-state index in [1.165, 1.54) is 11.0 Å². The summed E-state index contributed by atoms with van der Waals surface area (Å²) in [7, 11) is 1.82. The average molecular weight is 411 g/mol. The molecule has 5 nitrogen and oxygen atoms in total. The molecule has 28 heavy (non-hydrogen) atoms. The monoisotopic (exact) mass is 410 g/mol. The largest absolute Gasteiger partial charge is 0.329 e. The molecule has 1 saturated heterocycles. The number of amides is 3. The summed E-state index contributed by atoms with van der Waals surface area (Å²) in [5.41, 5.74) is -0.167. The van der Waals surface area contributed by atoms with Crippen molar-refractivity contribution in [3.8, 4) is 0 Å². The van der Waals surface area contributed by atoms with Crippen molar-refractivity contribution in [2.75, 3.05) is 13.7 Å². The third-order valence-corrected chi connectivity index (χ3v) is 6.63. The van der Waals surface area contributed by atoms with Gasteiger partial charge in [0.1, 0.15) is 17.9 Å². The highest BCUT2D eigenvalue weighted by Crippen LogP contribution is 2.43. The summed E-state index contributed by atoms with van der Waals surface area (Å²) in [6.07, 6.45) is 3.20. The van der Waals surface area contributed by atoms with Gasteiger partial charge in [0, 0.05) is 0 Å². The Kier molecular flexibility index (Phi) is 5.74. The molecule has 1 aliphatic carbocycles. The first-order valence-corrected chi connectivity index (χ1v) is 10.3. The minimum atomic E-state index is -0.769. The van der Waals surface area contributed by atoms with Gasteiger partial charge >= 0.3 is 6.03 Å². The van der Waals surface area contributed by atoms with E-state index in [0.29, 0.717) is 35.9 Å². The molecule has 0 aromatic heterocycles. The molecule has 1 aromatic rings. The lowest BCUT2D eigenvalue weighted by Gasteiger charge is -2.40. The molecule has 7 heteroatoms. The highest BCUT2D eigenvalue weighted by atomic mass is 35.5. The Hall–Kier alpha value is -1.66. The topological polar surface area (TPSA) is 53.9 Å². The summed E-state index contributed by atoms with van der Waals surface area (Å²) in [6, 6.07) is 4.22. The number of carbonyl (C=O) groups is 2. The van der Waals surface area contributed by atoms with Gasteiger partial charge in [-0.15, -0.1) is 0 Å². The second kappa shape index (κ2) is 7.64. The van der Waals surface area contributed by atoms with Gasteiger partial charge in [0.15, 0.2) is 6.67 Å². The Bertz CT molecular complexity index is 749. The van der Waals surface area contributed by atoms with Crippen LogP contribution in [0, 0.1) is 17.2 Å². The van der Waals surface area contributed by atoms with E-state index >= 15 is 0 Å². The number of imide groups is 1. The molecule has 2 aliphatic rings. The third kappa shape index (κ3) is 4.03. The fraction of sp³-hybridized carbons (Fsp3) is 0.619. The second-order valence-corrected chi connectivity index (χ2v) is 9.79. The molecular weight excluding hydrogens is 381 g/mol. The fourth-order valence-electron chi connectivity index (χ4n) is 4.46. The summed E-state index contributed by atoms with van der Waals surface area (Å²) < 4.78 is 14.0. The van der Waals surface area contributed by atoms with Crippen LogP contribution in [0.15, 0.2) is 18.2 Å². The van der Waals surface area contributed by atoms with Crippen molar-refractivity contribution in [2.24, 2.45) is 11.3 Å². The maximum atomic E-state index is 14.0. The molecule has 3 rings (SSSR count). The van der Waals surface area contributed by atoms with Crippen molar-refractivity contribution >= 4 is 23.5 Å². The first kappa shape index (κ1) is 21.1.